The lowest BCUT2D eigenvalue weighted by atomic mass is 9.93. The van der Waals surface area contributed by atoms with Crippen molar-refractivity contribution in [3.63, 3.8) is 0 Å². The van der Waals surface area contributed by atoms with Gasteiger partial charge in [0, 0.05) is 25.4 Å². The quantitative estimate of drug-likeness (QED) is 0.702. The van der Waals surface area contributed by atoms with Crippen LogP contribution in [0.3, 0.4) is 0 Å². The number of amides is 1. The van der Waals surface area contributed by atoms with Crippen LogP contribution in [0.5, 0.6) is 0 Å². The lowest BCUT2D eigenvalue weighted by Crippen LogP contribution is -2.45. The molecule has 6 heteroatoms. The van der Waals surface area contributed by atoms with Crippen LogP contribution in [0.15, 0.2) is 0 Å². The summed E-state index contributed by atoms with van der Waals surface area (Å²) < 4.78 is 9.69. The fraction of sp³-hybridized carbons (Fsp3) is 0.750. The van der Waals surface area contributed by atoms with Gasteiger partial charge in [-0.2, -0.15) is 0 Å². The fourth-order valence-corrected chi connectivity index (χ4v) is 1.89. The van der Waals surface area contributed by atoms with Crippen LogP contribution < -0.4 is 0 Å². The van der Waals surface area contributed by atoms with Crippen molar-refractivity contribution >= 4 is 17.8 Å². The molecule has 0 radical (unpaired) electrons. The molecule has 6 nitrogen and oxygen atoms in total. The summed E-state index contributed by atoms with van der Waals surface area (Å²) in [6.45, 7) is 4.62. The summed E-state index contributed by atoms with van der Waals surface area (Å²) in [5.41, 5.74) is 0. The molecule has 1 aliphatic rings. The van der Waals surface area contributed by atoms with Crippen LogP contribution in [0.2, 0.25) is 0 Å². The minimum Gasteiger partial charge on any atom is -0.466 e. The van der Waals surface area contributed by atoms with Crippen molar-refractivity contribution in [3.05, 3.63) is 0 Å². The molecule has 0 aromatic rings. The summed E-state index contributed by atoms with van der Waals surface area (Å²) in [5.74, 6) is -0.868. The molecular formula is C12H19NO5. The minimum atomic E-state index is -0.470. The van der Waals surface area contributed by atoms with Crippen molar-refractivity contribution in [3.8, 4) is 0 Å². The van der Waals surface area contributed by atoms with E-state index in [0.29, 0.717) is 19.8 Å². The number of hydrogen-bond acceptors (Lipinski definition) is 5. The van der Waals surface area contributed by atoms with E-state index in [4.69, 9.17) is 9.47 Å². The highest BCUT2D eigenvalue weighted by molar-refractivity contribution is 5.87. The first-order chi connectivity index (χ1) is 8.58. The molecule has 102 valence electrons. The number of likely N-dealkylation sites (tertiary alicyclic amines) is 1. The zero-order valence-corrected chi connectivity index (χ0v) is 10.8. The number of rotatable bonds is 4. The number of carbonyl (C=O) groups excluding carboxylic acids is 3. The van der Waals surface area contributed by atoms with E-state index in [1.165, 1.54) is 4.90 Å². The SMILES string of the molecule is CCOC(=O)CC1CN(C(=O)OCC)CCC1=O. The molecule has 0 saturated carbocycles. The molecule has 0 aromatic heterocycles. The summed E-state index contributed by atoms with van der Waals surface area (Å²) in [5, 5.41) is 0. The predicted octanol–water partition coefficient (Wildman–Crippen LogP) is 0.987. The molecule has 0 aliphatic carbocycles. The summed E-state index contributed by atoms with van der Waals surface area (Å²) in [6.07, 6.45) is -0.135. The van der Waals surface area contributed by atoms with Crippen LogP contribution in [0.25, 0.3) is 0 Å². The van der Waals surface area contributed by atoms with E-state index >= 15 is 0 Å². The lowest BCUT2D eigenvalue weighted by molar-refractivity contribution is -0.147. The standard InChI is InChI=1S/C12H19NO5/c1-3-17-11(15)7-9-8-13(6-5-10(9)14)12(16)18-4-2/h9H,3-8H2,1-2H3. The topological polar surface area (TPSA) is 72.9 Å². The minimum absolute atomic E-state index is 0.00333. The monoisotopic (exact) mass is 257 g/mol. The second-order valence-corrected chi connectivity index (χ2v) is 4.07. The largest absolute Gasteiger partial charge is 0.466 e. The van der Waals surface area contributed by atoms with Gasteiger partial charge < -0.3 is 14.4 Å². The smallest absolute Gasteiger partial charge is 0.409 e. The van der Waals surface area contributed by atoms with Gasteiger partial charge in [0.15, 0.2) is 0 Å². The van der Waals surface area contributed by atoms with Gasteiger partial charge in [-0.3, -0.25) is 9.59 Å². The Labute approximate surface area is 106 Å². The second-order valence-electron chi connectivity index (χ2n) is 4.07. The Balaban J connectivity index is 2.53. The molecule has 1 saturated heterocycles. The number of piperidine rings is 1. The molecule has 18 heavy (non-hydrogen) atoms. The van der Waals surface area contributed by atoms with Crippen LogP contribution in [0.1, 0.15) is 26.7 Å². The van der Waals surface area contributed by atoms with Gasteiger partial charge in [-0.05, 0) is 13.8 Å². The average molecular weight is 257 g/mol. The first-order valence-corrected chi connectivity index (χ1v) is 6.18. The van der Waals surface area contributed by atoms with Gasteiger partial charge in [0.2, 0.25) is 0 Å². The molecule has 1 amide bonds. The molecule has 0 aromatic carbocycles. The van der Waals surface area contributed by atoms with Gasteiger partial charge in [0.25, 0.3) is 0 Å². The van der Waals surface area contributed by atoms with Gasteiger partial charge in [-0.25, -0.2) is 4.79 Å². The third-order valence-corrected chi connectivity index (χ3v) is 2.77. The van der Waals surface area contributed by atoms with Crippen molar-refractivity contribution in [1.29, 1.82) is 0 Å². The Morgan fingerprint density at radius 3 is 2.56 bits per heavy atom. The third kappa shape index (κ3) is 4.01. The van der Waals surface area contributed by atoms with Crippen LogP contribution in [0, 0.1) is 5.92 Å². The van der Waals surface area contributed by atoms with E-state index in [1.807, 2.05) is 0 Å². The highest BCUT2D eigenvalue weighted by atomic mass is 16.6. The Hall–Kier alpha value is -1.59. The van der Waals surface area contributed by atoms with Gasteiger partial charge in [0.05, 0.1) is 19.6 Å². The summed E-state index contributed by atoms with van der Waals surface area (Å²) in [4.78, 5) is 36.0. The number of nitrogens with zero attached hydrogens (tertiary/aromatic N) is 1. The van der Waals surface area contributed by atoms with Crippen LogP contribution in [0.4, 0.5) is 4.79 Å². The van der Waals surface area contributed by atoms with Crippen molar-refractivity contribution in [2.45, 2.75) is 26.7 Å². The number of Topliss-reactive ketones (excluding diaryl/α,β-unsaturated/α-hetero) is 1. The zero-order chi connectivity index (χ0) is 13.5. The van der Waals surface area contributed by atoms with Crippen LogP contribution in [-0.2, 0) is 19.1 Å². The normalized spacial score (nSPS) is 19.6. The Bertz CT molecular complexity index is 328. The van der Waals surface area contributed by atoms with E-state index in [9.17, 15) is 14.4 Å². The Kier molecular flexibility index (Phi) is 5.61. The zero-order valence-electron chi connectivity index (χ0n) is 10.8. The predicted molar refractivity (Wildman–Crippen MR) is 63.0 cm³/mol. The van der Waals surface area contributed by atoms with E-state index in [2.05, 4.69) is 0 Å². The highest BCUT2D eigenvalue weighted by Crippen LogP contribution is 2.17. The van der Waals surface area contributed by atoms with Gasteiger partial charge in [0.1, 0.15) is 5.78 Å². The summed E-state index contributed by atoms with van der Waals surface area (Å²) >= 11 is 0. The van der Waals surface area contributed by atoms with Crippen molar-refractivity contribution in [2.24, 2.45) is 5.92 Å². The van der Waals surface area contributed by atoms with Crippen molar-refractivity contribution in [2.75, 3.05) is 26.3 Å². The maximum Gasteiger partial charge on any atom is 0.409 e. The van der Waals surface area contributed by atoms with Gasteiger partial charge >= 0.3 is 12.1 Å². The van der Waals surface area contributed by atoms with Crippen LogP contribution in [-0.4, -0.2) is 49.0 Å². The van der Waals surface area contributed by atoms with E-state index < -0.39 is 18.0 Å². The molecule has 1 heterocycles. The number of ketones is 1. The first-order valence-electron chi connectivity index (χ1n) is 6.18. The molecule has 0 spiro atoms. The third-order valence-electron chi connectivity index (χ3n) is 2.77. The molecule has 1 unspecified atom stereocenters. The molecule has 1 atom stereocenters. The van der Waals surface area contributed by atoms with Crippen LogP contribution >= 0.6 is 0 Å². The van der Waals surface area contributed by atoms with E-state index in [1.54, 1.807) is 13.8 Å². The van der Waals surface area contributed by atoms with E-state index in [-0.39, 0.29) is 25.2 Å². The molecule has 1 fully saturated rings. The average Bonchev–Trinajstić information content (AvgIpc) is 2.32. The molecular weight excluding hydrogens is 238 g/mol. The summed E-state index contributed by atoms with van der Waals surface area (Å²) in [7, 11) is 0. The molecule has 1 rings (SSSR count). The van der Waals surface area contributed by atoms with Crippen molar-refractivity contribution in [1.82, 2.24) is 4.90 Å². The molecule has 0 bridgehead atoms. The van der Waals surface area contributed by atoms with Gasteiger partial charge in [-0.1, -0.05) is 0 Å². The summed E-state index contributed by atoms with van der Waals surface area (Å²) in [6, 6.07) is 0. The number of hydrogen-bond donors (Lipinski definition) is 0. The number of carbonyl (C=O) groups is 3. The maximum atomic E-state index is 11.7. The molecule has 1 aliphatic heterocycles. The second kappa shape index (κ2) is 6.98. The lowest BCUT2D eigenvalue weighted by Gasteiger charge is -2.30. The van der Waals surface area contributed by atoms with Crippen molar-refractivity contribution < 1.29 is 23.9 Å². The maximum absolute atomic E-state index is 11.7. The number of esters is 1. The Morgan fingerprint density at radius 2 is 1.94 bits per heavy atom. The molecule has 0 N–H and O–H groups in total. The Morgan fingerprint density at radius 1 is 1.28 bits per heavy atom. The first kappa shape index (κ1) is 14.5. The van der Waals surface area contributed by atoms with E-state index in [0.717, 1.165) is 0 Å². The van der Waals surface area contributed by atoms with Gasteiger partial charge in [-0.15, -0.1) is 0 Å². The number of ether oxygens (including phenoxy) is 2. The highest BCUT2D eigenvalue weighted by Gasteiger charge is 2.32. The fourth-order valence-electron chi connectivity index (χ4n) is 1.89.